The van der Waals surface area contributed by atoms with Gasteiger partial charge in [-0.2, -0.15) is 0 Å². The molecule has 0 bridgehead atoms. The number of hydrogen-bond donors (Lipinski definition) is 1. The first-order valence-corrected chi connectivity index (χ1v) is 9.63. The first-order valence-electron chi connectivity index (χ1n) is 9.25. The SMILES string of the molecule is CCc1cc(Nc2ccc(Cl)cc2)c2ncc(N3CCN(C)CC3)nc2n1. The number of aromatic nitrogens is 3. The average Bonchev–Trinajstić information content (AvgIpc) is 2.69. The van der Waals surface area contributed by atoms with Gasteiger partial charge in [-0.3, -0.25) is 0 Å². The van der Waals surface area contributed by atoms with Gasteiger partial charge in [0.05, 0.1) is 11.9 Å². The summed E-state index contributed by atoms with van der Waals surface area (Å²) in [6.07, 6.45) is 2.69. The quantitative estimate of drug-likeness (QED) is 0.741. The number of pyridine rings is 1. The number of aryl methyl sites for hydroxylation is 1. The number of rotatable bonds is 4. The van der Waals surface area contributed by atoms with Gasteiger partial charge in [0, 0.05) is 42.6 Å². The maximum atomic E-state index is 5.99. The van der Waals surface area contributed by atoms with Crippen LogP contribution in [-0.4, -0.2) is 53.1 Å². The summed E-state index contributed by atoms with van der Waals surface area (Å²) in [5.41, 5.74) is 4.32. The molecule has 3 heterocycles. The van der Waals surface area contributed by atoms with E-state index in [0.29, 0.717) is 10.7 Å². The van der Waals surface area contributed by atoms with Gasteiger partial charge in [-0.1, -0.05) is 18.5 Å². The molecule has 3 aromatic rings. The molecule has 1 aromatic carbocycles. The number of likely N-dealkylation sites (N-methyl/N-ethyl adjacent to an activating group) is 1. The number of halogens is 1. The molecule has 4 rings (SSSR count). The van der Waals surface area contributed by atoms with E-state index in [0.717, 1.165) is 61.0 Å². The lowest BCUT2D eigenvalue weighted by molar-refractivity contribution is 0.312. The molecule has 1 fully saturated rings. The van der Waals surface area contributed by atoms with E-state index in [1.54, 1.807) is 0 Å². The summed E-state index contributed by atoms with van der Waals surface area (Å²) in [5, 5.41) is 4.15. The number of anilines is 3. The highest BCUT2D eigenvalue weighted by molar-refractivity contribution is 6.30. The molecule has 27 heavy (non-hydrogen) atoms. The van der Waals surface area contributed by atoms with Crippen molar-refractivity contribution < 1.29 is 0 Å². The van der Waals surface area contributed by atoms with Gasteiger partial charge in [0.25, 0.3) is 0 Å². The Bertz CT molecular complexity index is 935. The fourth-order valence-electron chi connectivity index (χ4n) is 3.19. The van der Waals surface area contributed by atoms with Crippen molar-refractivity contribution in [1.82, 2.24) is 19.9 Å². The highest BCUT2D eigenvalue weighted by Gasteiger charge is 2.17. The van der Waals surface area contributed by atoms with Crippen molar-refractivity contribution in [3.8, 4) is 0 Å². The molecule has 2 aromatic heterocycles. The third-order valence-electron chi connectivity index (χ3n) is 4.87. The van der Waals surface area contributed by atoms with E-state index in [1.807, 2.05) is 36.5 Å². The summed E-state index contributed by atoms with van der Waals surface area (Å²) < 4.78 is 0. The fourth-order valence-corrected chi connectivity index (χ4v) is 3.32. The second kappa shape index (κ2) is 7.66. The van der Waals surface area contributed by atoms with Crippen LogP contribution >= 0.6 is 11.6 Å². The minimum absolute atomic E-state index is 0.683. The Labute approximate surface area is 164 Å². The van der Waals surface area contributed by atoms with E-state index in [-0.39, 0.29) is 0 Å². The van der Waals surface area contributed by atoms with Crippen molar-refractivity contribution in [3.63, 3.8) is 0 Å². The van der Waals surface area contributed by atoms with Crippen LogP contribution in [0.25, 0.3) is 11.2 Å². The zero-order valence-corrected chi connectivity index (χ0v) is 16.4. The van der Waals surface area contributed by atoms with Gasteiger partial charge in [0.15, 0.2) is 5.65 Å². The van der Waals surface area contributed by atoms with Crippen molar-refractivity contribution in [2.45, 2.75) is 13.3 Å². The number of hydrogen-bond acceptors (Lipinski definition) is 6. The van der Waals surface area contributed by atoms with Crippen molar-refractivity contribution in [1.29, 1.82) is 0 Å². The normalized spacial score (nSPS) is 15.3. The number of fused-ring (bicyclic) bond motifs is 1. The van der Waals surface area contributed by atoms with Crippen molar-refractivity contribution in [2.24, 2.45) is 0 Å². The summed E-state index contributed by atoms with van der Waals surface area (Å²) in [5.74, 6) is 0.897. The standard InChI is InChI=1S/C20H23ClN6/c1-3-15-12-17(23-16-6-4-14(21)5-7-16)19-20(24-15)25-18(13-22-19)27-10-8-26(2)9-11-27/h4-7,12-13H,3,8-11H2,1-2H3,(H,23,24,25). The molecule has 1 aliphatic heterocycles. The summed E-state index contributed by atoms with van der Waals surface area (Å²) in [6, 6.07) is 9.68. The van der Waals surface area contributed by atoms with Crippen LogP contribution < -0.4 is 10.2 Å². The Morgan fingerprint density at radius 2 is 1.81 bits per heavy atom. The Hall–Kier alpha value is -2.44. The van der Waals surface area contributed by atoms with E-state index >= 15 is 0 Å². The molecule has 0 saturated carbocycles. The van der Waals surface area contributed by atoms with Gasteiger partial charge >= 0.3 is 0 Å². The lowest BCUT2D eigenvalue weighted by atomic mass is 10.2. The topological polar surface area (TPSA) is 57.2 Å². The summed E-state index contributed by atoms with van der Waals surface area (Å²) in [6.45, 7) is 6.08. The van der Waals surface area contributed by atoms with Crippen LogP contribution in [0.5, 0.6) is 0 Å². The van der Waals surface area contributed by atoms with Crippen LogP contribution in [0.4, 0.5) is 17.2 Å². The molecule has 1 N–H and O–H groups in total. The number of nitrogens with zero attached hydrogens (tertiary/aromatic N) is 5. The van der Waals surface area contributed by atoms with Crippen molar-refractivity contribution in [3.05, 3.63) is 47.2 Å². The van der Waals surface area contributed by atoms with Gasteiger partial charge in [-0.25, -0.2) is 15.0 Å². The molecule has 0 amide bonds. The van der Waals surface area contributed by atoms with Gasteiger partial charge < -0.3 is 15.1 Å². The third kappa shape index (κ3) is 3.96. The lowest BCUT2D eigenvalue weighted by Crippen LogP contribution is -2.44. The Kier molecular flexibility index (Phi) is 5.09. The molecule has 0 aliphatic carbocycles. The van der Waals surface area contributed by atoms with Crippen LogP contribution in [0.1, 0.15) is 12.6 Å². The van der Waals surface area contributed by atoms with Crippen LogP contribution in [0.15, 0.2) is 36.5 Å². The molecular formula is C20H23ClN6. The predicted molar refractivity (Wildman–Crippen MR) is 111 cm³/mol. The molecule has 0 radical (unpaired) electrons. The fraction of sp³-hybridized carbons (Fsp3) is 0.350. The lowest BCUT2D eigenvalue weighted by Gasteiger charge is -2.33. The predicted octanol–water partition coefficient (Wildman–Crippen LogP) is 3.74. The first-order chi connectivity index (χ1) is 13.1. The van der Waals surface area contributed by atoms with E-state index in [9.17, 15) is 0 Å². The molecule has 7 heteroatoms. The molecule has 1 aliphatic rings. The van der Waals surface area contributed by atoms with E-state index in [2.05, 4.69) is 29.1 Å². The maximum absolute atomic E-state index is 5.99. The van der Waals surface area contributed by atoms with E-state index in [4.69, 9.17) is 26.6 Å². The summed E-state index contributed by atoms with van der Waals surface area (Å²) in [4.78, 5) is 18.8. The molecule has 140 valence electrons. The minimum Gasteiger partial charge on any atom is -0.354 e. The van der Waals surface area contributed by atoms with Gasteiger partial charge in [-0.05, 0) is 43.8 Å². The molecule has 0 atom stereocenters. The van der Waals surface area contributed by atoms with E-state index < -0.39 is 0 Å². The van der Waals surface area contributed by atoms with Gasteiger partial charge in [0.1, 0.15) is 11.3 Å². The van der Waals surface area contributed by atoms with Crippen molar-refractivity contribution >= 4 is 40.0 Å². The first kappa shape index (κ1) is 17.9. The largest absolute Gasteiger partial charge is 0.354 e. The highest BCUT2D eigenvalue weighted by atomic mass is 35.5. The Morgan fingerprint density at radius 1 is 1.07 bits per heavy atom. The smallest absolute Gasteiger partial charge is 0.182 e. The number of nitrogens with one attached hydrogen (secondary N) is 1. The zero-order chi connectivity index (χ0) is 18.8. The zero-order valence-electron chi connectivity index (χ0n) is 15.6. The molecule has 6 nitrogen and oxygen atoms in total. The molecule has 0 spiro atoms. The number of piperazine rings is 1. The van der Waals surface area contributed by atoms with Gasteiger partial charge in [-0.15, -0.1) is 0 Å². The van der Waals surface area contributed by atoms with Gasteiger partial charge in [0.2, 0.25) is 0 Å². The van der Waals surface area contributed by atoms with Crippen LogP contribution in [0.3, 0.4) is 0 Å². The average molecular weight is 383 g/mol. The summed E-state index contributed by atoms with van der Waals surface area (Å²) >= 11 is 5.99. The Balaban J connectivity index is 1.70. The minimum atomic E-state index is 0.683. The van der Waals surface area contributed by atoms with Crippen LogP contribution in [0, 0.1) is 0 Å². The third-order valence-corrected chi connectivity index (χ3v) is 5.12. The summed E-state index contributed by atoms with van der Waals surface area (Å²) in [7, 11) is 2.15. The molecule has 0 unspecified atom stereocenters. The van der Waals surface area contributed by atoms with E-state index in [1.165, 1.54) is 0 Å². The molecule has 1 saturated heterocycles. The van der Waals surface area contributed by atoms with Crippen LogP contribution in [0.2, 0.25) is 5.02 Å². The second-order valence-corrected chi connectivity index (χ2v) is 7.27. The second-order valence-electron chi connectivity index (χ2n) is 6.84. The highest BCUT2D eigenvalue weighted by Crippen LogP contribution is 2.27. The monoisotopic (exact) mass is 382 g/mol. The number of benzene rings is 1. The van der Waals surface area contributed by atoms with Crippen LogP contribution in [-0.2, 0) is 6.42 Å². The Morgan fingerprint density at radius 3 is 2.52 bits per heavy atom. The molecular weight excluding hydrogens is 360 g/mol. The van der Waals surface area contributed by atoms with Crippen molar-refractivity contribution in [2.75, 3.05) is 43.4 Å². The maximum Gasteiger partial charge on any atom is 0.182 e.